The molecule has 0 aromatic rings. The lowest BCUT2D eigenvalue weighted by atomic mass is 10.1. The van der Waals surface area contributed by atoms with Crippen LogP contribution in [0.15, 0.2) is 12.2 Å². The van der Waals surface area contributed by atoms with Crippen molar-refractivity contribution in [2.75, 3.05) is 13.3 Å². The fourth-order valence-corrected chi connectivity index (χ4v) is 2.77. The van der Waals surface area contributed by atoms with Gasteiger partial charge in [0.25, 0.3) is 0 Å². The van der Waals surface area contributed by atoms with Crippen LogP contribution < -0.4 is 0 Å². The molecule has 0 heterocycles. The average Bonchev–Trinajstić information content (AvgIpc) is 2.33. The maximum absolute atomic E-state index is 10.5. The van der Waals surface area contributed by atoms with E-state index in [4.69, 9.17) is 0 Å². The second kappa shape index (κ2) is 3.30. The van der Waals surface area contributed by atoms with E-state index in [1.54, 1.807) is 0 Å². The van der Waals surface area contributed by atoms with Crippen LogP contribution in [0.1, 0.15) is 6.42 Å². The number of hydrogen-bond acceptors (Lipinski definition) is 1. The molecule has 0 aliphatic heterocycles. The second-order valence-electron chi connectivity index (χ2n) is 2.92. The molecule has 0 N–H and O–H groups in total. The molecule has 1 unspecified atom stereocenters. The van der Waals surface area contributed by atoms with Gasteiger partial charge in [0, 0.05) is 11.6 Å². The molecule has 2 heteroatoms. The maximum Gasteiger partial charge on any atom is 0.124 e. The van der Waals surface area contributed by atoms with Crippen molar-refractivity contribution in [1.82, 2.24) is 0 Å². The van der Waals surface area contributed by atoms with Crippen LogP contribution in [-0.2, 0) is 4.79 Å². The van der Waals surface area contributed by atoms with E-state index < -0.39 is 0 Å². The van der Waals surface area contributed by atoms with Crippen LogP contribution in [-0.4, -0.2) is 25.3 Å². The smallest absolute Gasteiger partial charge is 0.124 e. The largest absolute Gasteiger partial charge is 0.303 e. The van der Waals surface area contributed by atoms with Crippen molar-refractivity contribution in [3.8, 4) is 0 Å². The van der Waals surface area contributed by atoms with Crippen LogP contribution >= 0.6 is 7.92 Å². The summed E-state index contributed by atoms with van der Waals surface area (Å²) in [4.78, 5) is 10.5. The summed E-state index contributed by atoms with van der Waals surface area (Å²) in [5.74, 6) is 0.293. The molecule has 0 spiro atoms. The highest BCUT2D eigenvalue weighted by Gasteiger charge is 2.24. The molecule has 1 rings (SSSR count). The van der Waals surface area contributed by atoms with Crippen LogP contribution in [0.3, 0.4) is 0 Å². The van der Waals surface area contributed by atoms with Gasteiger partial charge in [-0.3, -0.25) is 0 Å². The van der Waals surface area contributed by atoms with Crippen molar-refractivity contribution in [2.24, 2.45) is 5.92 Å². The zero-order chi connectivity index (χ0) is 7.56. The number of allylic oxidation sites excluding steroid dienone is 2. The van der Waals surface area contributed by atoms with E-state index in [1.807, 2.05) is 0 Å². The SMILES string of the molecule is CP(C)[C@H]1C=CCC1C=O. The van der Waals surface area contributed by atoms with E-state index in [-0.39, 0.29) is 7.92 Å². The van der Waals surface area contributed by atoms with Gasteiger partial charge in [0.15, 0.2) is 0 Å². The van der Waals surface area contributed by atoms with Crippen molar-refractivity contribution in [3.05, 3.63) is 12.2 Å². The summed E-state index contributed by atoms with van der Waals surface area (Å²) in [5, 5.41) is 0. The molecule has 0 saturated carbocycles. The number of aldehydes is 1. The molecule has 1 aliphatic rings. The van der Waals surface area contributed by atoms with Crippen LogP contribution in [0.4, 0.5) is 0 Å². The lowest BCUT2D eigenvalue weighted by Crippen LogP contribution is -2.12. The van der Waals surface area contributed by atoms with Crippen molar-refractivity contribution in [1.29, 1.82) is 0 Å². The first-order valence-corrected chi connectivity index (χ1v) is 5.84. The summed E-state index contributed by atoms with van der Waals surface area (Å²) in [5.41, 5.74) is 0.562. The molecule has 0 saturated heterocycles. The van der Waals surface area contributed by atoms with E-state index in [1.165, 1.54) is 0 Å². The minimum absolute atomic E-state index is 0.0352. The molecule has 0 aromatic carbocycles. The third-order valence-electron chi connectivity index (χ3n) is 1.95. The fraction of sp³-hybridized carbons (Fsp3) is 0.625. The Hall–Kier alpha value is -0.160. The van der Waals surface area contributed by atoms with Gasteiger partial charge >= 0.3 is 0 Å². The van der Waals surface area contributed by atoms with Crippen LogP contribution in [0.2, 0.25) is 0 Å². The fourth-order valence-electron chi connectivity index (χ4n) is 1.35. The van der Waals surface area contributed by atoms with Gasteiger partial charge in [0.1, 0.15) is 6.29 Å². The Balaban J connectivity index is 2.57. The molecular formula is C8H13OP. The predicted octanol–water partition coefficient (Wildman–Crippen LogP) is 1.87. The molecule has 2 atom stereocenters. The minimum Gasteiger partial charge on any atom is -0.303 e. The topological polar surface area (TPSA) is 17.1 Å². The van der Waals surface area contributed by atoms with Crippen molar-refractivity contribution in [3.63, 3.8) is 0 Å². The third-order valence-corrected chi connectivity index (χ3v) is 3.70. The van der Waals surface area contributed by atoms with Gasteiger partial charge in [-0.25, -0.2) is 0 Å². The quantitative estimate of drug-likeness (QED) is 0.339. The highest BCUT2D eigenvalue weighted by Crippen LogP contribution is 2.41. The lowest BCUT2D eigenvalue weighted by Gasteiger charge is -2.17. The maximum atomic E-state index is 10.5. The van der Waals surface area contributed by atoms with Crippen molar-refractivity contribution >= 4 is 14.2 Å². The van der Waals surface area contributed by atoms with Gasteiger partial charge in [-0.2, -0.15) is 0 Å². The van der Waals surface area contributed by atoms with Gasteiger partial charge < -0.3 is 4.79 Å². The molecule has 0 radical (unpaired) electrons. The Morgan fingerprint density at radius 2 is 2.30 bits per heavy atom. The summed E-state index contributed by atoms with van der Waals surface area (Å²) in [6.07, 6.45) is 6.40. The van der Waals surface area contributed by atoms with E-state index in [0.29, 0.717) is 11.6 Å². The first kappa shape index (κ1) is 7.94. The number of carbonyl (C=O) groups excluding carboxylic acids is 1. The first-order valence-electron chi connectivity index (χ1n) is 3.54. The average molecular weight is 156 g/mol. The first-order chi connectivity index (χ1) is 4.75. The summed E-state index contributed by atoms with van der Waals surface area (Å²) < 4.78 is 0. The van der Waals surface area contributed by atoms with E-state index in [0.717, 1.165) is 12.7 Å². The molecule has 0 bridgehead atoms. The Bertz CT molecular complexity index is 151. The number of rotatable bonds is 2. The minimum atomic E-state index is 0.0352. The Morgan fingerprint density at radius 1 is 1.60 bits per heavy atom. The molecule has 0 amide bonds. The Labute approximate surface area is 63.3 Å². The summed E-state index contributed by atoms with van der Waals surface area (Å²) >= 11 is 0. The zero-order valence-corrected chi connectivity index (χ0v) is 7.34. The Morgan fingerprint density at radius 3 is 2.70 bits per heavy atom. The molecule has 10 heavy (non-hydrogen) atoms. The molecule has 0 aromatic heterocycles. The summed E-state index contributed by atoms with van der Waals surface area (Å²) in [6, 6.07) is 0. The van der Waals surface area contributed by atoms with Gasteiger partial charge in [-0.15, -0.1) is 7.92 Å². The predicted molar refractivity (Wildman–Crippen MR) is 45.9 cm³/mol. The van der Waals surface area contributed by atoms with Gasteiger partial charge in [-0.1, -0.05) is 12.2 Å². The van der Waals surface area contributed by atoms with Gasteiger partial charge in [-0.05, 0) is 19.8 Å². The zero-order valence-electron chi connectivity index (χ0n) is 6.45. The van der Waals surface area contributed by atoms with Crippen LogP contribution in [0.5, 0.6) is 0 Å². The Kier molecular flexibility index (Phi) is 2.62. The second-order valence-corrected chi connectivity index (χ2v) is 5.44. The highest BCUT2D eigenvalue weighted by atomic mass is 31.1. The summed E-state index contributed by atoms with van der Waals surface area (Å²) in [6.45, 7) is 4.46. The van der Waals surface area contributed by atoms with Gasteiger partial charge in [0.2, 0.25) is 0 Å². The molecule has 1 nitrogen and oxygen atoms in total. The van der Waals surface area contributed by atoms with Crippen molar-refractivity contribution < 1.29 is 4.79 Å². The number of hydrogen-bond donors (Lipinski definition) is 0. The van der Waals surface area contributed by atoms with E-state index in [2.05, 4.69) is 25.5 Å². The monoisotopic (exact) mass is 156 g/mol. The third kappa shape index (κ3) is 1.46. The van der Waals surface area contributed by atoms with E-state index >= 15 is 0 Å². The van der Waals surface area contributed by atoms with Crippen LogP contribution in [0.25, 0.3) is 0 Å². The normalized spacial score (nSPS) is 31.5. The van der Waals surface area contributed by atoms with Crippen LogP contribution in [0, 0.1) is 5.92 Å². The molecule has 0 fully saturated rings. The number of carbonyl (C=O) groups is 1. The molecular weight excluding hydrogens is 143 g/mol. The van der Waals surface area contributed by atoms with Gasteiger partial charge in [0.05, 0.1) is 0 Å². The van der Waals surface area contributed by atoms with Crippen molar-refractivity contribution in [2.45, 2.75) is 12.1 Å². The standard InChI is InChI=1S/C8H13OP/c1-10(2)8-5-3-4-7(8)6-9/h3,5-8H,4H2,1-2H3/t7?,8-/m0/s1. The molecule has 56 valence electrons. The van der Waals surface area contributed by atoms with E-state index in [9.17, 15) is 4.79 Å². The molecule has 1 aliphatic carbocycles. The highest BCUT2D eigenvalue weighted by molar-refractivity contribution is 7.57. The lowest BCUT2D eigenvalue weighted by molar-refractivity contribution is -0.110. The summed E-state index contributed by atoms with van der Waals surface area (Å²) in [7, 11) is 0.0352.